The molecule has 2 N–H and O–H groups in total. The van der Waals surface area contributed by atoms with Crippen LogP contribution in [0.4, 0.5) is 0 Å². The number of ether oxygens (including phenoxy) is 1. The van der Waals surface area contributed by atoms with E-state index in [-0.39, 0.29) is 17.7 Å². The number of nitrogens with zero attached hydrogens (tertiary/aromatic N) is 1. The molecule has 1 fully saturated rings. The molecular formula is C30H33Cl2NO4. The van der Waals surface area contributed by atoms with Gasteiger partial charge in [-0.3, -0.25) is 4.90 Å². The van der Waals surface area contributed by atoms with Gasteiger partial charge in [0.2, 0.25) is 0 Å². The lowest BCUT2D eigenvalue weighted by atomic mass is 9.89. The van der Waals surface area contributed by atoms with Gasteiger partial charge in [-0.1, -0.05) is 59.6 Å². The fourth-order valence-corrected chi connectivity index (χ4v) is 5.75. The third kappa shape index (κ3) is 6.73. The van der Waals surface area contributed by atoms with Crippen molar-refractivity contribution in [3.8, 4) is 0 Å². The first-order valence-electron chi connectivity index (χ1n) is 12.5. The van der Waals surface area contributed by atoms with Crippen LogP contribution in [0.5, 0.6) is 0 Å². The van der Waals surface area contributed by atoms with Crippen molar-refractivity contribution in [1.82, 2.24) is 4.90 Å². The van der Waals surface area contributed by atoms with Crippen LogP contribution in [0.1, 0.15) is 71.4 Å². The van der Waals surface area contributed by atoms with Crippen LogP contribution < -0.4 is 0 Å². The highest BCUT2D eigenvalue weighted by atomic mass is 35.5. The van der Waals surface area contributed by atoms with Gasteiger partial charge in [-0.15, -0.1) is 0 Å². The van der Waals surface area contributed by atoms with Gasteiger partial charge in [-0.25, -0.2) is 4.79 Å². The van der Waals surface area contributed by atoms with Gasteiger partial charge in [-0.05, 0) is 92.7 Å². The minimum atomic E-state index is -1.18. The standard InChI is InChI=1S/C30H33Cl2NO4/c1-19-14-21(29(34)35)11-12-22(19)18-33-13-7-10-26(27(33)20-8-5-4-6-9-20)37-28(30(2,3)36)23-15-24(31)17-25(32)16-23/h4-6,8-9,11-12,14-17,26-28,36H,7,10,13,18H2,1-3H3,(H,34,35)/t26-,27-,28?/m0/s1. The van der Waals surface area contributed by atoms with Gasteiger partial charge in [0.15, 0.2) is 0 Å². The molecule has 1 saturated heterocycles. The van der Waals surface area contributed by atoms with Crippen molar-refractivity contribution in [2.45, 2.75) is 64.0 Å². The highest BCUT2D eigenvalue weighted by Crippen LogP contribution is 2.41. The molecule has 0 spiro atoms. The highest BCUT2D eigenvalue weighted by molar-refractivity contribution is 6.34. The van der Waals surface area contributed by atoms with Gasteiger partial charge in [-0.2, -0.15) is 0 Å². The number of hydrogen-bond acceptors (Lipinski definition) is 4. The predicted molar refractivity (Wildman–Crippen MR) is 147 cm³/mol. The van der Waals surface area contributed by atoms with Crippen molar-refractivity contribution in [2.24, 2.45) is 0 Å². The molecule has 0 radical (unpaired) electrons. The van der Waals surface area contributed by atoms with Gasteiger partial charge in [0.05, 0.1) is 23.3 Å². The fraction of sp³-hybridized carbons (Fsp3) is 0.367. The Morgan fingerprint density at radius 2 is 1.76 bits per heavy atom. The molecular weight excluding hydrogens is 509 g/mol. The molecule has 0 saturated carbocycles. The molecule has 1 unspecified atom stereocenters. The Kier molecular flexibility index (Phi) is 8.62. The second-order valence-electron chi connectivity index (χ2n) is 10.3. The Morgan fingerprint density at radius 1 is 1.08 bits per heavy atom. The number of piperidine rings is 1. The summed E-state index contributed by atoms with van der Waals surface area (Å²) >= 11 is 12.6. The molecule has 3 atom stereocenters. The van der Waals surface area contributed by atoms with Crippen molar-refractivity contribution < 1.29 is 19.7 Å². The van der Waals surface area contributed by atoms with E-state index < -0.39 is 17.7 Å². The molecule has 1 aliphatic rings. The Balaban J connectivity index is 1.69. The summed E-state index contributed by atoms with van der Waals surface area (Å²) < 4.78 is 6.78. The van der Waals surface area contributed by atoms with Gasteiger partial charge in [0.25, 0.3) is 0 Å². The van der Waals surface area contributed by atoms with Crippen molar-refractivity contribution in [2.75, 3.05) is 6.54 Å². The summed E-state index contributed by atoms with van der Waals surface area (Å²) in [7, 11) is 0. The zero-order valence-corrected chi connectivity index (χ0v) is 22.8. The van der Waals surface area contributed by atoms with E-state index in [1.54, 1.807) is 44.2 Å². The molecule has 1 aliphatic heterocycles. The van der Waals surface area contributed by atoms with Crippen molar-refractivity contribution in [3.63, 3.8) is 0 Å². The largest absolute Gasteiger partial charge is 0.478 e. The summed E-state index contributed by atoms with van der Waals surface area (Å²) in [5.41, 5.74) is 2.99. The smallest absolute Gasteiger partial charge is 0.335 e. The van der Waals surface area contributed by atoms with Crippen LogP contribution in [0.15, 0.2) is 66.7 Å². The lowest BCUT2D eigenvalue weighted by Crippen LogP contribution is -2.45. The van der Waals surface area contributed by atoms with Crippen LogP contribution in [0.25, 0.3) is 0 Å². The summed E-state index contributed by atoms with van der Waals surface area (Å²) in [6, 6.07) is 20.7. The first-order chi connectivity index (χ1) is 17.5. The van der Waals surface area contributed by atoms with Gasteiger partial charge in [0, 0.05) is 16.6 Å². The molecule has 196 valence electrons. The fourth-order valence-electron chi connectivity index (χ4n) is 5.20. The summed E-state index contributed by atoms with van der Waals surface area (Å²) in [4.78, 5) is 13.8. The molecule has 0 bridgehead atoms. The van der Waals surface area contributed by atoms with E-state index in [2.05, 4.69) is 17.0 Å². The van der Waals surface area contributed by atoms with E-state index in [9.17, 15) is 15.0 Å². The summed E-state index contributed by atoms with van der Waals surface area (Å²) in [6.07, 6.45) is 0.906. The quantitative estimate of drug-likeness (QED) is 0.314. The molecule has 0 aromatic heterocycles. The minimum Gasteiger partial charge on any atom is -0.478 e. The van der Waals surface area contributed by atoms with E-state index in [0.717, 1.165) is 41.6 Å². The number of benzene rings is 3. The summed E-state index contributed by atoms with van der Waals surface area (Å²) in [6.45, 7) is 6.94. The van der Waals surface area contributed by atoms with Crippen molar-refractivity contribution >= 4 is 29.2 Å². The number of aryl methyl sites for hydroxylation is 1. The van der Waals surface area contributed by atoms with Crippen LogP contribution in [-0.4, -0.2) is 39.3 Å². The van der Waals surface area contributed by atoms with E-state index in [1.807, 2.05) is 31.2 Å². The number of aliphatic hydroxyl groups is 1. The predicted octanol–water partition coefficient (Wildman–Crippen LogP) is 7.23. The van der Waals surface area contributed by atoms with Crippen LogP contribution >= 0.6 is 23.2 Å². The topological polar surface area (TPSA) is 70.0 Å². The van der Waals surface area contributed by atoms with Crippen LogP contribution in [0.3, 0.4) is 0 Å². The molecule has 0 amide bonds. The monoisotopic (exact) mass is 541 g/mol. The first-order valence-corrected chi connectivity index (χ1v) is 13.2. The van der Waals surface area contributed by atoms with E-state index in [1.165, 1.54) is 0 Å². The first kappa shape index (κ1) is 27.6. The minimum absolute atomic E-state index is 0.0620. The molecule has 3 aromatic carbocycles. The normalized spacial score (nSPS) is 19.5. The number of aromatic carboxylic acids is 1. The second kappa shape index (κ2) is 11.5. The third-order valence-corrected chi connectivity index (χ3v) is 7.36. The molecule has 5 nitrogen and oxygen atoms in total. The molecule has 0 aliphatic carbocycles. The highest BCUT2D eigenvalue weighted by Gasteiger charge is 2.39. The van der Waals surface area contributed by atoms with Crippen LogP contribution in [0.2, 0.25) is 10.0 Å². The van der Waals surface area contributed by atoms with E-state index >= 15 is 0 Å². The molecule has 4 rings (SSSR count). The number of halogens is 2. The molecule has 1 heterocycles. The second-order valence-corrected chi connectivity index (χ2v) is 11.2. The van der Waals surface area contributed by atoms with Gasteiger partial charge < -0.3 is 14.9 Å². The maximum Gasteiger partial charge on any atom is 0.335 e. The average molecular weight is 543 g/mol. The zero-order valence-electron chi connectivity index (χ0n) is 21.3. The summed E-state index contributed by atoms with van der Waals surface area (Å²) in [5, 5.41) is 21.5. The Bertz CT molecular complexity index is 1220. The van der Waals surface area contributed by atoms with Crippen LogP contribution in [-0.2, 0) is 11.3 Å². The number of carboxylic acids is 1. The van der Waals surface area contributed by atoms with Crippen molar-refractivity contribution in [1.29, 1.82) is 0 Å². The molecule has 3 aromatic rings. The van der Waals surface area contributed by atoms with Crippen LogP contribution in [0, 0.1) is 6.92 Å². The Labute approximate surface area is 228 Å². The third-order valence-electron chi connectivity index (χ3n) is 6.92. The summed E-state index contributed by atoms with van der Waals surface area (Å²) in [5.74, 6) is -0.929. The average Bonchev–Trinajstić information content (AvgIpc) is 2.83. The number of likely N-dealkylation sites (tertiary alicyclic amines) is 1. The van der Waals surface area contributed by atoms with Gasteiger partial charge in [0.1, 0.15) is 6.10 Å². The number of hydrogen-bond donors (Lipinski definition) is 2. The van der Waals surface area contributed by atoms with E-state index in [0.29, 0.717) is 16.6 Å². The number of rotatable bonds is 8. The zero-order chi connectivity index (χ0) is 26.7. The Morgan fingerprint density at radius 3 is 2.35 bits per heavy atom. The lowest BCUT2D eigenvalue weighted by Gasteiger charge is -2.44. The Hall–Kier alpha value is -2.41. The lowest BCUT2D eigenvalue weighted by molar-refractivity contribution is -0.152. The maximum absolute atomic E-state index is 11.4. The number of carboxylic acid groups (broad SMARTS) is 1. The van der Waals surface area contributed by atoms with Crippen molar-refractivity contribution in [3.05, 3.63) is 105 Å². The molecule has 7 heteroatoms. The van der Waals surface area contributed by atoms with E-state index in [4.69, 9.17) is 27.9 Å². The molecule has 37 heavy (non-hydrogen) atoms. The SMILES string of the molecule is Cc1cc(C(=O)O)ccc1CN1CCC[C@H](OC(c2cc(Cl)cc(Cl)c2)C(C)(C)O)[C@@H]1c1ccccc1. The maximum atomic E-state index is 11.4. The van der Waals surface area contributed by atoms with Gasteiger partial charge >= 0.3 is 5.97 Å². The number of carbonyl (C=O) groups is 1.